The van der Waals surface area contributed by atoms with Crippen molar-refractivity contribution in [2.45, 2.75) is 84.5 Å². The molecule has 0 amide bonds. The van der Waals surface area contributed by atoms with E-state index < -0.39 is 14.3 Å². The van der Waals surface area contributed by atoms with Crippen LogP contribution < -0.4 is 0 Å². The Balaban J connectivity index is 5.04. The predicted molar refractivity (Wildman–Crippen MR) is 95.4 cm³/mol. The topological polar surface area (TPSA) is 46.5 Å². The van der Waals surface area contributed by atoms with Gasteiger partial charge in [0.25, 0.3) is 0 Å². The molecule has 126 valence electrons. The van der Waals surface area contributed by atoms with Crippen LogP contribution >= 0.6 is 0 Å². The molecule has 1 atom stereocenters. The highest BCUT2D eigenvalue weighted by molar-refractivity contribution is 6.77. The van der Waals surface area contributed by atoms with Gasteiger partial charge in [-0.3, -0.25) is 0 Å². The number of hydrogen-bond acceptors (Lipinski definition) is 2. The minimum Gasteiger partial charge on any atom is -0.472 e. The maximum absolute atomic E-state index is 10.4. The van der Waals surface area contributed by atoms with E-state index in [4.69, 9.17) is 9.53 Å². The normalized spacial score (nSPS) is 14.2. The van der Waals surface area contributed by atoms with Gasteiger partial charge in [0, 0.05) is 12.0 Å². The van der Waals surface area contributed by atoms with E-state index in [0.29, 0.717) is 16.6 Å². The van der Waals surface area contributed by atoms with E-state index in [0.717, 1.165) is 12.0 Å². The van der Waals surface area contributed by atoms with Gasteiger partial charge in [0.1, 0.15) is 0 Å². The second-order valence-electron chi connectivity index (χ2n) is 7.02. The minimum absolute atomic E-state index is 0.127. The Hall–Kier alpha value is -1.05. The Kier molecular flexibility index (Phi) is 8.73. The van der Waals surface area contributed by atoms with Crippen molar-refractivity contribution >= 4 is 14.3 Å². The summed E-state index contributed by atoms with van der Waals surface area (Å²) in [6.45, 7) is 17.7. The van der Waals surface area contributed by atoms with Crippen molar-refractivity contribution in [2.24, 2.45) is 0 Å². The molecule has 0 fully saturated rings. The van der Waals surface area contributed by atoms with Crippen molar-refractivity contribution in [2.75, 3.05) is 0 Å². The van der Waals surface area contributed by atoms with Gasteiger partial charge in [-0.15, -0.1) is 0 Å². The summed E-state index contributed by atoms with van der Waals surface area (Å²) in [4.78, 5) is 10.4. The Morgan fingerprint density at radius 2 is 1.55 bits per heavy atom. The first-order valence-electron chi connectivity index (χ1n) is 8.11. The van der Waals surface area contributed by atoms with Crippen LogP contribution in [0.15, 0.2) is 11.6 Å². The van der Waals surface area contributed by atoms with E-state index in [1.54, 1.807) is 6.08 Å². The molecule has 0 aromatic rings. The Morgan fingerprint density at radius 3 is 1.91 bits per heavy atom. The van der Waals surface area contributed by atoms with E-state index >= 15 is 0 Å². The van der Waals surface area contributed by atoms with E-state index in [9.17, 15) is 4.79 Å². The molecule has 0 aliphatic heterocycles. The van der Waals surface area contributed by atoms with Crippen molar-refractivity contribution in [1.29, 1.82) is 0 Å². The summed E-state index contributed by atoms with van der Waals surface area (Å²) < 4.78 is 6.65. The van der Waals surface area contributed by atoms with Gasteiger partial charge in [-0.2, -0.15) is 0 Å². The Morgan fingerprint density at radius 1 is 1.09 bits per heavy atom. The minimum atomic E-state index is -1.86. The molecule has 0 rings (SSSR count). The molecule has 0 heterocycles. The number of allylic oxidation sites excluding steroid dienone is 1. The molecule has 0 saturated carbocycles. The molecule has 0 bridgehead atoms. The summed E-state index contributed by atoms with van der Waals surface area (Å²) in [5.41, 5.74) is 2.74. The summed E-state index contributed by atoms with van der Waals surface area (Å²) >= 11 is 0. The van der Waals surface area contributed by atoms with Gasteiger partial charge >= 0.3 is 5.97 Å². The van der Waals surface area contributed by atoms with Crippen LogP contribution in [0, 0.1) is 11.8 Å². The smallest absolute Gasteiger partial charge is 0.382 e. The van der Waals surface area contributed by atoms with Crippen LogP contribution in [0.3, 0.4) is 0 Å². The molecule has 0 aromatic heterocycles. The van der Waals surface area contributed by atoms with Gasteiger partial charge in [0.2, 0.25) is 8.32 Å². The van der Waals surface area contributed by atoms with Crippen molar-refractivity contribution < 1.29 is 14.3 Å². The van der Waals surface area contributed by atoms with Crippen LogP contribution in [0.2, 0.25) is 16.6 Å². The molecule has 0 unspecified atom stereocenters. The van der Waals surface area contributed by atoms with Crippen LogP contribution in [0.5, 0.6) is 0 Å². The van der Waals surface area contributed by atoms with Crippen molar-refractivity contribution in [3.63, 3.8) is 0 Å². The molecular formula is C18H32O3Si. The number of carbonyl (C=O) groups is 1. The summed E-state index contributed by atoms with van der Waals surface area (Å²) in [5.74, 6) is 3.58. The zero-order valence-electron chi connectivity index (χ0n) is 15.4. The molecule has 0 aromatic carbocycles. The second-order valence-corrected chi connectivity index (χ2v) is 12.4. The standard InChI is InChI=1S/C18H32O3Si/c1-13(2)22(14(3)4,15(5)6)21-17(8)12-16(7)10-9-11-18(19)20/h10,13-15,17H,12H2,1-8H3,(H,19,20)/b16-10+/t17-/m0/s1. The van der Waals surface area contributed by atoms with Gasteiger partial charge in [0.05, 0.1) is 0 Å². The third-order valence-electron chi connectivity index (χ3n) is 4.22. The quantitative estimate of drug-likeness (QED) is 0.530. The van der Waals surface area contributed by atoms with Gasteiger partial charge in [-0.25, -0.2) is 4.79 Å². The Bertz CT molecular complexity index is 431. The highest BCUT2D eigenvalue weighted by atomic mass is 28.4. The number of rotatable bonds is 7. The molecule has 0 aliphatic rings. The highest BCUT2D eigenvalue weighted by Crippen LogP contribution is 2.43. The van der Waals surface area contributed by atoms with Gasteiger partial charge in [0.15, 0.2) is 0 Å². The van der Waals surface area contributed by atoms with Crippen molar-refractivity contribution in [3.05, 3.63) is 11.6 Å². The maximum atomic E-state index is 10.4. The summed E-state index contributed by atoms with van der Waals surface area (Å²) in [5, 5.41) is 8.52. The van der Waals surface area contributed by atoms with E-state index in [-0.39, 0.29) is 6.10 Å². The molecule has 0 spiro atoms. The molecule has 4 heteroatoms. The zero-order valence-corrected chi connectivity index (χ0v) is 16.4. The first kappa shape index (κ1) is 20.9. The van der Waals surface area contributed by atoms with Crippen LogP contribution in [-0.2, 0) is 9.22 Å². The first-order chi connectivity index (χ1) is 10.0. The number of carboxylic acid groups (broad SMARTS) is 1. The Labute approximate surface area is 137 Å². The zero-order chi connectivity index (χ0) is 17.5. The van der Waals surface area contributed by atoms with Crippen molar-refractivity contribution in [1.82, 2.24) is 0 Å². The van der Waals surface area contributed by atoms with Crippen LogP contribution in [0.25, 0.3) is 0 Å². The van der Waals surface area contributed by atoms with Gasteiger partial charge < -0.3 is 9.53 Å². The van der Waals surface area contributed by atoms with E-state index in [1.807, 2.05) is 6.92 Å². The second kappa shape index (κ2) is 9.17. The lowest BCUT2D eigenvalue weighted by molar-refractivity contribution is -0.130. The van der Waals surface area contributed by atoms with Crippen LogP contribution in [-0.4, -0.2) is 25.5 Å². The molecule has 0 saturated heterocycles. The summed E-state index contributed by atoms with van der Waals surface area (Å²) in [7, 11) is -1.86. The SMILES string of the molecule is C/C(=C\C#CC(=O)O)C[C@H](C)O[Si](C(C)C)(C(C)C)C(C)C. The predicted octanol–water partition coefficient (Wildman–Crippen LogP) is 4.99. The maximum Gasteiger partial charge on any atom is 0.382 e. The molecule has 3 nitrogen and oxygen atoms in total. The fraction of sp³-hybridized carbons (Fsp3) is 0.722. The fourth-order valence-electron chi connectivity index (χ4n) is 3.53. The van der Waals surface area contributed by atoms with Gasteiger partial charge in [-0.1, -0.05) is 53.0 Å². The van der Waals surface area contributed by atoms with Crippen LogP contribution in [0.4, 0.5) is 0 Å². The molecular weight excluding hydrogens is 292 g/mol. The van der Waals surface area contributed by atoms with Gasteiger partial charge in [-0.05, 0) is 43.0 Å². The fourth-order valence-corrected chi connectivity index (χ4v) is 9.13. The average molecular weight is 325 g/mol. The van der Waals surface area contributed by atoms with Crippen LogP contribution in [0.1, 0.15) is 61.8 Å². The third-order valence-corrected chi connectivity index (χ3v) is 10.4. The highest BCUT2D eigenvalue weighted by Gasteiger charge is 2.45. The molecule has 1 N–H and O–H groups in total. The third kappa shape index (κ3) is 5.98. The lowest BCUT2D eigenvalue weighted by Gasteiger charge is -2.44. The lowest BCUT2D eigenvalue weighted by Crippen LogP contribution is -2.49. The van der Waals surface area contributed by atoms with E-state index in [1.165, 1.54) is 0 Å². The summed E-state index contributed by atoms with van der Waals surface area (Å²) in [6, 6.07) is 0. The largest absolute Gasteiger partial charge is 0.472 e. The van der Waals surface area contributed by atoms with Crippen molar-refractivity contribution in [3.8, 4) is 11.8 Å². The summed E-state index contributed by atoms with van der Waals surface area (Å²) in [6.07, 6.45) is 2.59. The van der Waals surface area contributed by atoms with E-state index in [2.05, 4.69) is 60.3 Å². The number of hydrogen-bond donors (Lipinski definition) is 1. The molecule has 22 heavy (non-hydrogen) atoms. The number of carboxylic acids is 1. The lowest BCUT2D eigenvalue weighted by atomic mass is 10.1. The first-order valence-corrected chi connectivity index (χ1v) is 10.3. The average Bonchev–Trinajstić information content (AvgIpc) is 2.33. The monoisotopic (exact) mass is 324 g/mol. The number of aliphatic carboxylic acids is 1. The molecule has 0 aliphatic carbocycles. The molecule has 0 radical (unpaired) electrons.